The molecular formula is C19H23N3O4S2. The van der Waals surface area contributed by atoms with E-state index in [9.17, 15) is 13.2 Å². The number of hydrogen-bond donors (Lipinski definition) is 1. The zero-order valence-corrected chi connectivity index (χ0v) is 17.3. The molecular weight excluding hydrogens is 398 g/mol. The van der Waals surface area contributed by atoms with E-state index in [2.05, 4.69) is 10.5 Å². The smallest absolute Gasteiger partial charge is 0.252 e. The number of sulfonamides is 1. The molecule has 28 heavy (non-hydrogen) atoms. The number of nitrogens with one attached hydrogen (secondary N) is 1. The highest BCUT2D eigenvalue weighted by molar-refractivity contribution is 7.91. The van der Waals surface area contributed by atoms with E-state index in [1.165, 1.54) is 11.3 Å². The van der Waals surface area contributed by atoms with Crippen molar-refractivity contribution in [2.75, 3.05) is 18.4 Å². The van der Waals surface area contributed by atoms with Crippen molar-refractivity contribution in [1.29, 1.82) is 0 Å². The Labute approximate surface area is 168 Å². The second-order valence-corrected chi connectivity index (χ2v) is 10.5. The van der Waals surface area contributed by atoms with E-state index < -0.39 is 10.0 Å². The van der Waals surface area contributed by atoms with Crippen molar-refractivity contribution >= 4 is 45.1 Å². The zero-order chi connectivity index (χ0) is 19.7. The molecule has 1 aliphatic carbocycles. The number of aromatic nitrogens is 1. The van der Waals surface area contributed by atoms with Gasteiger partial charge < -0.3 is 9.84 Å². The van der Waals surface area contributed by atoms with E-state index in [1.807, 2.05) is 0 Å². The van der Waals surface area contributed by atoms with E-state index >= 15 is 0 Å². The van der Waals surface area contributed by atoms with Gasteiger partial charge in [-0.05, 0) is 56.9 Å². The normalized spacial score (nSPS) is 18.6. The summed E-state index contributed by atoms with van der Waals surface area (Å²) in [5, 5.41) is 6.81. The minimum atomic E-state index is -3.42. The van der Waals surface area contributed by atoms with Gasteiger partial charge >= 0.3 is 0 Å². The minimum Gasteiger partial charge on any atom is -0.354 e. The quantitative estimate of drug-likeness (QED) is 0.767. The van der Waals surface area contributed by atoms with Crippen LogP contribution in [-0.2, 0) is 14.8 Å². The van der Waals surface area contributed by atoms with E-state index in [-0.39, 0.29) is 11.8 Å². The molecule has 2 aromatic heterocycles. The summed E-state index contributed by atoms with van der Waals surface area (Å²) in [5.74, 6) is 0.540. The molecule has 1 aliphatic heterocycles. The third-order valence-corrected chi connectivity index (χ3v) is 8.41. The first-order chi connectivity index (χ1) is 13.4. The van der Waals surface area contributed by atoms with Gasteiger partial charge in [-0.3, -0.25) is 4.79 Å². The van der Waals surface area contributed by atoms with Crippen molar-refractivity contribution in [1.82, 2.24) is 9.46 Å². The molecule has 2 aromatic rings. The first-order valence-electron chi connectivity index (χ1n) is 9.50. The molecule has 1 amide bonds. The number of nitrogens with zero attached hydrogens (tertiary/aromatic N) is 2. The molecule has 4 rings (SSSR count). The molecule has 0 unspecified atom stereocenters. The third kappa shape index (κ3) is 4.06. The molecule has 2 fully saturated rings. The van der Waals surface area contributed by atoms with Crippen LogP contribution in [-0.4, -0.2) is 36.9 Å². The predicted octanol–water partition coefficient (Wildman–Crippen LogP) is 3.74. The van der Waals surface area contributed by atoms with Gasteiger partial charge in [-0.15, -0.1) is 11.3 Å². The molecule has 0 radical (unpaired) electrons. The average molecular weight is 422 g/mol. The summed E-state index contributed by atoms with van der Waals surface area (Å²) in [6.45, 7) is 2.96. The summed E-state index contributed by atoms with van der Waals surface area (Å²) in [7, 11) is -3.42. The number of thiophene rings is 1. The predicted molar refractivity (Wildman–Crippen MR) is 108 cm³/mol. The third-order valence-electron chi connectivity index (χ3n) is 5.00. The molecule has 0 spiro atoms. The second kappa shape index (κ2) is 7.81. The van der Waals surface area contributed by atoms with E-state index in [0.29, 0.717) is 34.4 Å². The molecule has 3 heterocycles. The Bertz CT molecular complexity index is 996. The Morgan fingerprint density at radius 2 is 2.00 bits per heavy atom. The number of amides is 1. The summed E-state index contributed by atoms with van der Waals surface area (Å²) >= 11 is 1.23. The Morgan fingerprint density at radius 3 is 2.71 bits per heavy atom. The van der Waals surface area contributed by atoms with Crippen LogP contribution in [0.4, 0.5) is 5.69 Å². The number of carbonyl (C=O) groups excluding carboxylic acids is 1. The Morgan fingerprint density at radius 1 is 1.25 bits per heavy atom. The standard InChI is InChI=1S/C19H23N3O4S2/c1-13-18(20-19(23)14-5-6-14)16(26-21-13)9-7-15-8-10-17(27-15)28(24,25)22-11-3-2-4-12-22/h7-10,14H,2-6,11-12H2,1H3,(H,20,23). The molecule has 7 nitrogen and oxygen atoms in total. The van der Waals surface area contributed by atoms with Crippen LogP contribution in [0.1, 0.15) is 48.4 Å². The zero-order valence-electron chi connectivity index (χ0n) is 15.7. The number of carbonyl (C=O) groups is 1. The van der Waals surface area contributed by atoms with Crippen LogP contribution in [0.5, 0.6) is 0 Å². The summed E-state index contributed by atoms with van der Waals surface area (Å²) in [4.78, 5) is 12.8. The highest BCUT2D eigenvalue weighted by Crippen LogP contribution is 2.32. The number of anilines is 1. The van der Waals surface area contributed by atoms with Gasteiger partial charge in [0.1, 0.15) is 15.6 Å². The fourth-order valence-electron chi connectivity index (χ4n) is 3.18. The van der Waals surface area contributed by atoms with Crippen LogP contribution in [0.25, 0.3) is 12.2 Å². The van der Waals surface area contributed by atoms with Crippen molar-refractivity contribution in [3.8, 4) is 0 Å². The summed E-state index contributed by atoms with van der Waals surface area (Å²) in [6, 6.07) is 3.43. The molecule has 1 N–H and O–H groups in total. The highest BCUT2D eigenvalue weighted by atomic mass is 32.2. The van der Waals surface area contributed by atoms with Crippen LogP contribution in [0, 0.1) is 12.8 Å². The Balaban J connectivity index is 1.49. The number of aryl methyl sites for hydroxylation is 1. The molecule has 1 saturated heterocycles. The lowest BCUT2D eigenvalue weighted by molar-refractivity contribution is -0.117. The fourth-order valence-corrected chi connectivity index (χ4v) is 6.08. The van der Waals surface area contributed by atoms with Crippen molar-refractivity contribution in [2.24, 2.45) is 5.92 Å². The van der Waals surface area contributed by atoms with E-state index in [0.717, 1.165) is 37.0 Å². The van der Waals surface area contributed by atoms with E-state index in [1.54, 1.807) is 35.5 Å². The molecule has 150 valence electrons. The Hall–Kier alpha value is -1.97. The fraction of sp³-hybridized carbons (Fsp3) is 0.474. The van der Waals surface area contributed by atoms with E-state index in [4.69, 9.17) is 4.52 Å². The van der Waals surface area contributed by atoms with Crippen LogP contribution < -0.4 is 5.32 Å². The largest absolute Gasteiger partial charge is 0.354 e. The molecule has 9 heteroatoms. The summed E-state index contributed by atoms with van der Waals surface area (Å²) in [5.41, 5.74) is 1.19. The van der Waals surface area contributed by atoms with Gasteiger partial charge in [0.15, 0.2) is 5.76 Å². The van der Waals surface area contributed by atoms with Gasteiger partial charge in [0, 0.05) is 23.9 Å². The number of piperidine rings is 1. The van der Waals surface area contributed by atoms with Crippen LogP contribution in [0.15, 0.2) is 20.9 Å². The van der Waals surface area contributed by atoms with Crippen molar-refractivity contribution in [2.45, 2.75) is 43.2 Å². The van der Waals surface area contributed by atoms with Crippen molar-refractivity contribution in [3.63, 3.8) is 0 Å². The molecule has 2 aliphatic rings. The summed E-state index contributed by atoms with van der Waals surface area (Å²) in [6.07, 6.45) is 8.25. The van der Waals surface area contributed by atoms with Gasteiger partial charge in [-0.25, -0.2) is 8.42 Å². The Kier molecular flexibility index (Phi) is 5.39. The van der Waals surface area contributed by atoms with Gasteiger partial charge in [-0.1, -0.05) is 11.6 Å². The van der Waals surface area contributed by atoms with Gasteiger partial charge in [0.2, 0.25) is 5.91 Å². The maximum absolute atomic E-state index is 12.8. The van der Waals surface area contributed by atoms with Crippen molar-refractivity contribution < 1.29 is 17.7 Å². The first-order valence-corrected chi connectivity index (χ1v) is 11.8. The van der Waals surface area contributed by atoms with Gasteiger partial charge in [0.25, 0.3) is 10.0 Å². The van der Waals surface area contributed by atoms with Crippen LogP contribution >= 0.6 is 11.3 Å². The first kappa shape index (κ1) is 19.4. The lowest BCUT2D eigenvalue weighted by Crippen LogP contribution is -2.35. The van der Waals surface area contributed by atoms with Crippen molar-refractivity contribution in [3.05, 3.63) is 28.5 Å². The molecule has 1 saturated carbocycles. The average Bonchev–Trinajstić information content (AvgIpc) is 3.35. The van der Waals surface area contributed by atoms with Crippen LogP contribution in [0.2, 0.25) is 0 Å². The van der Waals surface area contributed by atoms with Gasteiger partial charge in [-0.2, -0.15) is 4.31 Å². The monoisotopic (exact) mass is 421 g/mol. The minimum absolute atomic E-state index is 0.00742. The molecule has 0 bridgehead atoms. The maximum atomic E-state index is 12.8. The lowest BCUT2D eigenvalue weighted by Gasteiger charge is -2.25. The number of hydrogen-bond acceptors (Lipinski definition) is 6. The highest BCUT2D eigenvalue weighted by Gasteiger charge is 2.31. The topological polar surface area (TPSA) is 92.5 Å². The second-order valence-electron chi connectivity index (χ2n) is 7.23. The lowest BCUT2D eigenvalue weighted by atomic mass is 10.2. The molecule has 0 aromatic carbocycles. The molecule has 0 atom stereocenters. The summed E-state index contributed by atoms with van der Waals surface area (Å²) < 4.78 is 32.8. The maximum Gasteiger partial charge on any atom is 0.252 e. The van der Waals surface area contributed by atoms with Gasteiger partial charge in [0.05, 0.1) is 0 Å². The van der Waals surface area contributed by atoms with Crippen LogP contribution in [0.3, 0.4) is 0 Å². The number of rotatable bonds is 6. The SMILES string of the molecule is Cc1noc(C=Cc2ccc(S(=O)(=O)N3CCCCC3)s2)c1NC(=O)C1CC1.